The van der Waals surface area contributed by atoms with Crippen molar-refractivity contribution in [3.63, 3.8) is 0 Å². The van der Waals surface area contributed by atoms with Crippen molar-refractivity contribution in [3.05, 3.63) is 124 Å². The number of quaternary nitrogens is 1. The summed E-state index contributed by atoms with van der Waals surface area (Å²) in [5, 5.41) is 4.66. The molecule has 1 N–H and O–H groups in total. The first-order valence-electron chi connectivity index (χ1n) is 17.9. The van der Waals surface area contributed by atoms with Crippen molar-refractivity contribution in [3.8, 4) is 0 Å². The van der Waals surface area contributed by atoms with Crippen LogP contribution in [0.5, 0.6) is 0 Å². The zero-order valence-electron chi connectivity index (χ0n) is 29.6. The maximum absolute atomic E-state index is 12.8. The van der Waals surface area contributed by atoms with Crippen LogP contribution in [0.25, 0.3) is 21.5 Å². The van der Waals surface area contributed by atoms with Gasteiger partial charge in [0.15, 0.2) is 5.71 Å². The van der Waals surface area contributed by atoms with Gasteiger partial charge in [-0.2, -0.15) is 13.0 Å². The maximum atomic E-state index is 12.8. The van der Waals surface area contributed by atoms with Gasteiger partial charge in [0.2, 0.25) is 11.1 Å². The van der Waals surface area contributed by atoms with E-state index in [0.717, 1.165) is 69.7 Å². The molecule has 2 atom stereocenters. The molecule has 50 heavy (non-hydrogen) atoms. The van der Waals surface area contributed by atoms with Crippen LogP contribution in [0.2, 0.25) is 0 Å². The summed E-state index contributed by atoms with van der Waals surface area (Å²) in [6.45, 7) is 12.8. The highest BCUT2D eigenvalue weighted by molar-refractivity contribution is 7.86. The molecule has 8 rings (SSSR count). The van der Waals surface area contributed by atoms with Gasteiger partial charge in [-0.05, 0) is 92.3 Å². The summed E-state index contributed by atoms with van der Waals surface area (Å²) in [6, 6.07) is 25.6. The number of benzene rings is 4. The van der Waals surface area contributed by atoms with Crippen molar-refractivity contribution in [2.75, 3.05) is 13.1 Å². The van der Waals surface area contributed by atoms with Gasteiger partial charge in [-0.3, -0.25) is 4.55 Å². The molecular formula is C43H45ClN2O3S+2. The molecule has 2 unspecified atom stereocenters. The van der Waals surface area contributed by atoms with Crippen LogP contribution >= 0.6 is 11.6 Å². The number of halogens is 1. The molecule has 0 bridgehead atoms. The van der Waals surface area contributed by atoms with E-state index in [0.29, 0.717) is 19.4 Å². The number of nitrogens with zero attached hydrogens (tertiary/aromatic N) is 2. The predicted octanol–water partition coefficient (Wildman–Crippen LogP) is 10.3. The van der Waals surface area contributed by atoms with Gasteiger partial charge < -0.3 is 0 Å². The Labute approximate surface area is 300 Å². The third-order valence-electron chi connectivity index (χ3n) is 12.0. The Morgan fingerprint density at radius 2 is 1.58 bits per heavy atom. The van der Waals surface area contributed by atoms with Crippen molar-refractivity contribution < 1.29 is 17.5 Å². The van der Waals surface area contributed by atoms with Crippen LogP contribution in [0, 0.1) is 0 Å². The second-order valence-electron chi connectivity index (χ2n) is 15.5. The first-order valence-corrected chi connectivity index (χ1v) is 19.8. The molecule has 4 aromatic carbocycles. The Hall–Kier alpha value is -3.77. The second kappa shape index (κ2) is 11.6. The number of rotatable bonds is 6. The van der Waals surface area contributed by atoms with Crippen LogP contribution < -0.4 is 4.48 Å². The van der Waals surface area contributed by atoms with Crippen LogP contribution in [-0.2, 0) is 20.9 Å². The number of hydrogen-bond acceptors (Lipinski definition) is 2. The SMILES string of the molecule is CCC[N+]1=C(C=C=C2CCC(CC=C3C(C)(C)c4c(ccc5ccccc45)[N+]34CCC4S(=O)(=O)O)=C2Cl)C(C)(C)c2c1ccc1ccccc21. The Morgan fingerprint density at radius 1 is 0.920 bits per heavy atom. The molecule has 1 aliphatic carbocycles. The standard InChI is InChI=1S/C43H44ClN2O3S/c1-6-26-45-34-21-17-28-11-7-9-13-32(28)39(34)42(2,3)36(45)23-19-30-15-16-31(41(30)44)20-24-37-43(4,5)40-33-14-10-8-12-29(33)18-22-35(40)46(37)27-25-38(46)50(47,48)49/h7-14,17-18,21-24,38H,6,15-16,20,25-27H2,1-5H3/q+1/p+1. The monoisotopic (exact) mass is 704 g/mol. The highest BCUT2D eigenvalue weighted by atomic mass is 35.5. The topological polar surface area (TPSA) is 57.4 Å². The van der Waals surface area contributed by atoms with E-state index in [-0.39, 0.29) is 9.90 Å². The van der Waals surface area contributed by atoms with E-state index in [1.54, 1.807) is 0 Å². The average Bonchev–Trinajstić information content (AvgIpc) is 3.60. The summed E-state index contributed by atoms with van der Waals surface area (Å²) < 4.78 is 38.8. The van der Waals surface area contributed by atoms with E-state index in [4.69, 9.17) is 11.6 Å². The predicted molar refractivity (Wildman–Crippen MR) is 207 cm³/mol. The molecule has 0 aromatic heterocycles. The van der Waals surface area contributed by atoms with Crippen LogP contribution in [-0.4, -0.2) is 41.7 Å². The fraction of sp³-hybridized carbons (Fsp3) is 0.349. The molecule has 3 aliphatic heterocycles. The molecule has 4 aliphatic rings. The number of hydrogen-bond donors (Lipinski definition) is 1. The molecule has 0 amide bonds. The van der Waals surface area contributed by atoms with Crippen molar-refractivity contribution in [2.24, 2.45) is 0 Å². The summed E-state index contributed by atoms with van der Waals surface area (Å²) in [6.07, 6.45) is 8.10. The quantitative estimate of drug-likeness (QED) is 0.0941. The van der Waals surface area contributed by atoms with Crippen molar-refractivity contribution in [1.29, 1.82) is 0 Å². The minimum atomic E-state index is -4.29. The van der Waals surface area contributed by atoms with E-state index < -0.39 is 20.9 Å². The van der Waals surface area contributed by atoms with Crippen molar-refractivity contribution >= 4 is 60.4 Å². The van der Waals surface area contributed by atoms with Gasteiger partial charge in [0.25, 0.3) is 0 Å². The van der Waals surface area contributed by atoms with E-state index >= 15 is 0 Å². The summed E-state index contributed by atoms with van der Waals surface area (Å²) in [4.78, 5) is 0. The normalized spacial score (nSPS) is 24.3. The van der Waals surface area contributed by atoms with Crippen LogP contribution in [0.3, 0.4) is 0 Å². The molecule has 0 saturated carbocycles. The molecule has 1 fully saturated rings. The van der Waals surface area contributed by atoms with E-state index in [9.17, 15) is 13.0 Å². The second-order valence-corrected chi connectivity index (χ2v) is 17.4. The summed E-state index contributed by atoms with van der Waals surface area (Å²) in [5.74, 6) is 0. The van der Waals surface area contributed by atoms with Crippen LogP contribution in [0.15, 0.2) is 113 Å². The van der Waals surface area contributed by atoms with Crippen molar-refractivity contribution in [2.45, 2.75) is 82.9 Å². The Kier molecular flexibility index (Phi) is 7.76. The summed E-state index contributed by atoms with van der Waals surface area (Å²) in [5.41, 5.74) is 12.2. The third kappa shape index (κ3) is 4.73. The lowest BCUT2D eigenvalue weighted by molar-refractivity contribution is -0.437. The molecule has 1 spiro atoms. The Morgan fingerprint density at radius 3 is 2.22 bits per heavy atom. The zero-order chi connectivity index (χ0) is 35.2. The highest BCUT2D eigenvalue weighted by Crippen LogP contribution is 2.60. The summed E-state index contributed by atoms with van der Waals surface area (Å²) >= 11 is 7.18. The fourth-order valence-corrected chi connectivity index (χ4v) is 11.2. The van der Waals surface area contributed by atoms with Gasteiger partial charge >= 0.3 is 10.1 Å². The smallest absolute Gasteiger partial charge is 0.281 e. The molecule has 7 heteroatoms. The van der Waals surface area contributed by atoms with Crippen molar-refractivity contribution in [1.82, 2.24) is 4.48 Å². The molecule has 3 heterocycles. The third-order valence-corrected chi connectivity index (χ3v) is 13.8. The molecular weight excluding hydrogens is 660 g/mol. The van der Waals surface area contributed by atoms with Gasteiger partial charge in [0.1, 0.15) is 17.9 Å². The number of fused-ring (bicyclic) bond motifs is 7. The molecule has 0 radical (unpaired) electrons. The highest BCUT2D eigenvalue weighted by Gasteiger charge is 2.66. The lowest BCUT2D eigenvalue weighted by Gasteiger charge is -2.49. The first kappa shape index (κ1) is 33.4. The van der Waals surface area contributed by atoms with Crippen LogP contribution in [0.1, 0.15) is 77.8 Å². The van der Waals surface area contributed by atoms with Gasteiger partial charge in [-0.25, -0.2) is 4.48 Å². The van der Waals surface area contributed by atoms with Crippen LogP contribution in [0.4, 0.5) is 11.4 Å². The summed E-state index contributed by atoms with van der Waals surface area (Å²) in [7, 11) is -4.29. The largest absolute Gasteiger partial charge is 0.320 e. The molecule has 5 nitrogen and oxygen atoms in total. The molecule has 4 aromatic rings. The van der Waals surface area contributed by atoms with Gasteiger partial charge in [0, 0.05) is 41.3 Å². The Balaban J connectivity index is 1.19. The van der Waals surface area contributed by atoms with Gasteiger partial charge in [0.05, 0.1) is 28.8 Å². The first-order chi connectivity index (χ1) is 23.8. The van der Waals surface area contributed by atoms with Gasteiger partial charge in [-0.1, -0.05) is 67.1 Å². The molecule has 1 saturated heterocycles. The molecule has 256 valence electrons. The van der Waals surface area contributed by atoms with Gasteiger partial charge in [-0.15, -0.1) is 5.73 Å². The number of allylic oxidation sites excluding steroid dienone is 5. The van der Waals surface area contributed by atoms with E-state index in [1.807, 2.05) is 12.1 Å². The fourth-order valence-electron chi connectivity index (χ4n) is 9.72. The minimum Gasteiger partial charge on any atom is -0.281 e. The Bertz CT molecular complexity index is 2410. The maximum Gasteiger partial charge on any atom is 0.320 e. The minimum absolute atomic E-state index is 0.162. The lowest BCUT2D eigenvalue weighted by Crippen LogP contribution is -2.68. The average molecular weight is 705 g/mol. The zero-order valence-corrected chi connectivity index (χ0v) is 31.1. The van der Waals surface area contributed by atoms with E-state index in [2.05, 4.69) is 118 Å². The van der Waals surface area contributed by atoms with E-state index in [1.165, 1.54) is 27.7 Å². The lowest BCUT2D eigenvalue weighted by atomic mass is 9.79.